The molecule has 1 N–H and O–H groups in total. The number of carboxylic acids is 1. The number of para-hydroxylation sites is 1. The Morgan fingerprint density at radius 3 is 2.90 bits per heavy atom. The van der Waals surface area contributed by atoms with Gasteiger partial charge < -0.3 is 14.4 Å². The number of imidazole rings is 1. The summed E-state index contributed by atoms with van der Waals surface area (Å²) in [4.78, 5) is 15.3. The summed E-state index contributed by atoms with van der Waals surface area (Å²) in [6, 6.07) is 4.85. The van der Waals surface area contributed by atoms with E-state index in [1.165, 1.54) is 6.07 Å². The Kier molecular flexibility index (Phi) is 4.29. The van der Waals surface area contributed by atoms with Crippen LogP contribution in [0.5, 0.6) is 0 Å². The van der Waals surface area contributed by atoms with Crippen LogP contribution in [-0.2, 0) is 11.3 Å². The van der Waals surface area contributed by atoms with Gasteiger partial charge in [0.25, 0.3) is 6.43 Å². The van der Waals surface area contributed by atoms with E-state index in [0.29, 0.717) is 23.4 Å². The Morgan fingerprint density at radius 1 is 1.50 bits per heavy atom. The van der Waals surface area contributed by atoms with Gasteiger partial charge in [-0.25, -0.2) is 18.6 Å². The quantitative estimate of drug-likeness (QED) is 0.827. The lowest BCUT2D eigenvalue weighted by atomic mass is 10.2. The van der Waals surface area contributed by atoms with E-state index >= 15 is 0 Å². The first kappa shape index (κ1) is 14.4. The zero-order chi connectivity index (χ0) is 14.7. The molecule has 20 heavy (non-hydrogen) atoms. The number of hydrogen-bond acceptors (Lipinski definition) is 3. The van der Waals surface area contributed by atoms with Gasteiger partial charge in [0.2, 0.25) is 0 Å². The molecule has 0 atom stereocenters. The fraction of sp³-hybridized carbons (Fsp3) is 0.385. The van der Waals surface area contributed by atoms with Crippen LogP contribution in [0.25, 0.3) is 11.0 Å². The molecule has 0 unspecified atom stereocenters. The molecule has 5 nitrogen and oxygen atoms in total. The molecular weight excluding hydrogens is 270 g/mol. The second-order valence-corrected chi connectivity index (χ2v) is 4.26. The molecule has 0 radical (unpaired) electrons. The fourth-order valence-corrected chi connectivity index (χ4v) is 2.05. The first-order valence-electron chi connectivity index (χ1n) is 6.05. The first-order chi connectivity index (χ1) is 9.50. The second kappa shape index (κ2) is 5.96. The normalized spacial score (nSPS) is 11.4. The van der Waals surface area contributed by atoms with E-state index < -0.39 is 19.0 Å². The van der Waals surface area contributed by atoms with Crippen LogP contribution in [0.15, 0.2) is 18.2 Å². The van der Waals surface area contributed by atoms with Gasteiger partial charge in [0, 0.05) is 6.54 Å². The van der Waals surface area contributed by atoms with Crippen molar-refractivity contribution in [1.82, 2.24) is 9.55 Å². The molecule has 0 fully saturated rings. The average Bonchev–Trinajstić information content (AvgIpc) is 2.70. The summed E-state index contributed by atoms with van der Waals surface area (Å²) in [5, 5.41) is 9.10. The molecule has 108 valence electrons. The molecule has 2 aromatic rings. The van der Waals surface area contributed by atoms with Crippen molar-refractivity contribution in [3.05, 3.63) is 29.6 Å². The highest BCUT2D eigenvalue weighted by Gasteiger charge is 2.14. The zero-order valence-corrected chi connectivity index (χ0v) is 10.8. The van der Waals surface area contributed by atoms with Crippen molar-refractivity contribution in [3.63, 3.8) is 0 Å². The van der Waals surface area contributed by atoms with Crippen molar-refractivity contribution in [2.75, 3.05) is 13.2 Å². The third-order valence-corrected chi connectivity index (χ3v) is 2.90. The summed E-state index contributed by atoms with van der Waals surface area (Å²) in [6.07, 6.45) is -2.49. The van der Waals surface area contributed by atoms with E-state index in [0.717, 1.165) is 0 Å². The maximum absolute atomic E-state index is 12.0. The zero-order valence-electron chi connectivity index (χ0n) is 10.8. The molecule has 1 aromatic heterocycles. The van der Waals surface area contributed by atoms with E-state index in [9.17, 15) is 13.6 Å². The third kappa shape index (κ3) is 2.93. The van der Waals surface area contributed by atoms with Gasteiger partial charge >= 0.3 is 5.97 Å². The Hall–Kier alpha value is -2.02. The monoisotopic (exact) mass is 284 g/mol. The predicted octanol–water partition coefficient (Wildman–Crippen LogP) is 2.32. The van der Waals surface area contributed by atoms with Crippen LogP contribution in [0.1, 0.15) is 16.2 Å². The Balaban J connectivity index is 2.23. The standard InChI is InChI=1S/C13H14F2N2O3/c1-8-16-12-9(13(18)19)3-2-4-10(12)17(8)5-6-20-7-11(14)15/h2-4,11H,5-7H2,1H3,(H,18,19). The lowest BCUT2D eigenvalue weighted by Crippen LogP contribution is -2.11. The highest BCUT2D eigenvalue weighted by molar-refractivity contribution is 6.01. The molecule has 2 rings (SSSR count). The number of hydrogen-bond donors (Lipinski definition) is 1. The highest BCUT2D eigenvalue weighted by Crippen LogP contribution is 2.20. The van der Waals surface area contributed by atoms with Gasteiger partial charge in [-0.15, -0.1) is 0 Å². The van der Waals surface area contributed by atoms with Crippen molar-refractivity contribution in [2.24, 2.45) is 0 Å². The Morgan fingerprint density at radius 2 is 2.25 bits per heavy atom. The minimum absolute atomic E-state index is 0.119. The maximum Gasteiger partial charge on any atom is 0.337 e. The van der Waals surface area contributed by atoms with Gasteiger partial charge in [0.15, 0.2) is 0 Å². The molecule has 1 aromatic carbocycles. The topological polar surface area (TPSA) is 64.3 Å². The molecule has 1 heterocycles. The number of fused-ring (bicyclic) bond motifs is 1. The first-order valence-corrected chi connectivity index (χ1v) is 6.05. The second-order valence-electron chi connectivity index (χ2n) is 4.26. The third-order valence-electron chi connectivity index (χ3n) is 2.90. The summed E-state index contributed by atoms with van der Waals surface area (Å²) in [5.74, 6) is -0.427. The SMILES string of the molecule is Cc1nc2c(C(=O)O)cccc2n1CCOCC(F)F. The minimum Gasteiger partial charge on any atom is -0.478 e. The number of ether oxygens (including phenoxy) is 1. The number of carbonyl (C=O) groups is 1. The van der Waals surface area contributed by atoms with Gasteiger partial charge in [-0.2, -0.15) is 0 Å². The molecule has 0 aliphatic rings. The molecular formula is C13H14F2N2O3. The van der Waals surface area contributed by atoms with Crippen molar-refractivity contribution >= 4 is 17.0 Å². The molecule has 0 aliphatic heterocycles. The van der Waals surface area contributed by atoms with E-state index in [-0.39, 0.29) is 12.2 Å². The number of rotatable bonds is 6. The predicted molar refractivity (Wildman–Crippen MR) is 68.3 cm³/mol. The molecule has 0 amide bonds. The van der Waals surface area contributed by atoms with Crippen LogP contribution in [0.2, 0.25) is 0 Å². The smallest absolute Gasteiger partial charge is 0.337 e. The number of benzene rings is 1. The van der Waals surface area contributed by atoms with Crippen LogP contribution in [-0.4, -0.2) is 40.3 Å². The largest absolute Gasteiger partial charge is 0.478 e. The van der Waals surface area contributed by atoms with Gasteiger partial charge in [-0.1, -0.05) is 6.07 Å². The molecule has 0 aliphatic carbocycles. The molecule has 0 bridgehead atoms. The average molecular weight is 284 g/mol. The highest BCUT2D eigenvalue weighted by atomic mass is 19.3. The lowest BCUT2D eigenvalue weighted by molar-refractivity contribution is 0.0149. The molecule has 0 spiro atoms. The van der Waals surface area contributed by atoms with E-state index in [4.69, 9.17) is 9.84 Å². The van der Waals surface area contributed by atoms with Crippen LogP contribution in [0.3, 0.4) is 0 Å². The van der Waals surface area contributed by atoms with E-state index in [1.54, 1.807) is 23.6 Å². The fourth-order valence-electron chi connectivity index (χ4n) is 2.05. The van der Waals surface area contributed by atoms with Gasteiger partial charge in [-0.05, 0) is 19.1 Å². The Bertz CT molecular complexity index is 625. The van der Waals surface area contributed by atoms with Crippen molar-refractivity contribution in [2.45, 2.75) is 19.9 Å². The summed E-state index contributed by atoms with van der Waals surface area (Å²) >= 11 is 0. The molecule has 0 saturated carbocycles. The number of carboxylic acid groups (broad SMARTS) is 1. The van der Waals surface area contributed by atoms with Crippen molar-refractivity contribution < 1.29 is 23.4 Å². The van der Waals surface area contributed by atoms with Crippen LogP contribution >= 0.6 is 0 Å². The van der Waals surface area contributed by atoms with Crippen LogP contribution < -0.4 is 0 Å². The number of nitrogens with zero attached hydrogens (tertiary/aromatic N) is 2. The lowest BCUT2D eigenvalue weighted by Gasteiger charge is -2.07. The minimum atomic E-state index is -2.49. The van der Waals surface area contributed by atoms with Gasteiger partial charge in [0.1, 0.15) is 17.9 Å². The summed E-state index contributed by atoms with van der Waals surface area (Å²) in [5.41, 5.74) is 1.17. The Labute approximate surface area is 113 Å². The van der Waals surface area contributed by atoms with Crippen molar-refractivity contribution in [3.8, 4) is 0 Å². The number of aryl methyl sites for hydroxylation is 1. The number of aromatic nitrogens is 2. The summed E-state index contributed by atoms with van der Waals surface area (Å²) < 4.78 is 30.5. The molecule has 7 heteroatoms. The summed E-state index contributed by atoms with van der Waals surface area (Å²) in [6.45, 7) is 1.59. The number of aromatic carboxylic acids is 1. The van der Waals surface area contributed by atoms with Crippen LogP contribution in [0.4, 0.5) is 8.78 Å². The molecule has 0 saturated heterocycles. The summed E-state index contributed by atoms with van der Waals surface area (Å²) in [7, 11) is 0. The number of alkyl halides is 2. The van der Waals surface area contributed by atoms with Gasteiger partial charge in [-0.3, -0.25) is 0 Å². The van der Waals surface area contributed by atoms with E-state index in [2.05, 4.69) is 4.98 Å². The maximum atomic E-state index is 12.0. The van der Waals surface area contributed by atoms with Gasteiger partial charge in [0.05, 0.1) is 17.7 Å². The number of halogens is 2. The van der Waals surface area contributed by atoms with Crippen LogP contribution in [0, 0.1) is 6.92 Å². The van der Waals surface area contributed by atoms with E-state index in [1.807, 2.05) is 0 Å². The van der Waals surface area contributed by atoms with Crippen molar-refractivity contribution in [1.29, 1.82) is 0 Å².